The molecule has 2 rings (SSSR count). The molecule has 1 aromatic carbocycles. The lowest BCUT2D eigenvalue weighted by Crippen LogP contribution is -2.23. The lowest BCUT2D eigenvalue weighted by Gasteiger charge is -2.14. The Labute approximate surface area is 100 Å². The summed E-state index contributed by atoms with van der Waals surface area (Å²) in [5.41, 5.74) is 1.07. The molecule has 0 aliphatic carbocycles. The van der Waals surface area contributed by atoms with Crippen LogP contribution < -0.4 is 4.74 Å². The van der Waals surface area contributed by atoms with Crippen molar-refractivity contribution in [3.8, 4) is 5.75 Å². The minimum absolute atomic E-state index is 0.281. The van der Waals surface area contributed by atoms with Crippen LogP contribution in [0.4, 0.5) is 0 Å². The van der Waals surface area contributed by atoms with Crippen LogP contribution >= 0.6 is 0 Å². The predicted molar refractivity (Wildman–Crippen MR) is 64.9 cm³/mol. The fourth-order valence-electron chi connectivity index (χ4n) is 1.60. The third kappa shape index (κ3) is 3.32. The Kier molecular flexibility index (Phi) is 3.77. The summed E-state index contributed by atoms with van der Waals surface area (Å²) in [5.74, 6) is 0.817. The molecule has 0 radical (unpaired) electrons. The maximum absolute atomic E-state index is 9.80. The quantitative estimate of drug-likeness (QED) is 0.852. The second-order valence-electron chi connectivity index (χ2n) is 3.99. The number of rotatable bonds is 5. The number of nitrogens with zero attached hydrogens (tertiary/aromatic N) is 2. The van der Waals surface area contributed by atoms with Gasteiger partial charge in [-0.1, -0.05) is 18.2 Å². The molecule has 4 nitrogen and oxygen atoms in total. The van der Waals surface area contributed by atoms with Crippen LogP contribution in [0.1, 0.15) is 5.56 Å². The molecule has 0 bridgehead atoms. The van der Waals surface area contributed by atoms with Crippen LogP contribution in [-0.2, 0) is 6.54 Å². The van der Waals surface area contributed by atoms with Crippen LogP contribution in [-0.4, -0.2) is 27.4 Å². The van der Waals surface area contributed by atoms with Gasteiger partial charge in [-0.15, -0.1) is 0 Å². The number of para-hydroxylation sites is 1. The Morgan fingerprint density at radius 3 is 2.94 bits per heavy atom. The third-order valence-electron chi connectivity index (χ3n) is 2.51. The molecule has 0 fully saturated rings. The smallest absolute Gasteiger partial charge is 0.122 e. The van der Waals surface area contributed by atoms with Gasteiger partial charge >= 0.3 is 0 Å². The summed E-state index contributed by atoms with van der Waals surface area (Å²) < 4.78 is 7.39. The minimum atomic E-state index is -0.538. The van der Waals surface area contributed by atoms with E-state index in [-0.39, 0.29) is 6.61 Å². The maximum Gasteiger partial charge on any atom is 0.122 e. The van der Waals surface area contributed by atoms with E-state index in [9.17, 15) is 5.11 Å². The summed E-state index contributed by atoms with van der Waals surface area (Å²) >= 11 is 0. The van der Waals surface area contributed by atoms with Crippen molar-refractivity contribution in [2.45, 2.75) is 19.6 Å². The van der Waals surface area contributed by atoms with Crippen molar-refractivity contribution in [3.05, 3.63) is 48.5 Å². The van der Waals surface area contributed by atoms with Crippen LogP contribution in [0, 0.1) is 6.92 Å². The zero-order chi connectivity index (χ0) is 12.1. The fourth-order valence-corrected chi connectivity index (χ4v) is 1.60. The number of ether oxygens (including phenoxy) is 1. The predicted octanol–water partition coefficient (Wildman–Crippen LogP) is 1.63. The number of hydrogen-bond acceptors (Lipinski definition) is 3. The highest BCUT2D eigenvalue weighted by atomic mass is 16.5. The third-order valence-corrected chi connectivity index (χ3v) is 2.51. The van der Waals surface area contributed by atoms with Gasteiger partial charge in [0.15, 0.2) is 0 Å². The number of hydrogen-bond donors (Lipinski definition) is 1. The van der Waals surface area contributed by atoms with E-state index in [2.05, 4.69) is 4.98 Å². The molecule has 1 heterocycles. The first-order valence-electron chi connectivity index (χ1n) is 5.58. The van der Waals surface area contributed by atoms with Gasteiger partial charge in [0, 0.05) is 12.4 Å². The van der Waals surface area contributed by atoms with E-state index in [0.717, 1.165) is 11.3 Å². The average molecular weight is 232 g/mol. The number of aliphatic hydroxyl groups is 1. The van der Waals surface area contributed by atoms with Gasteiger partial charge in [0.2, 0.25) is 0 Å². The normalized spacial score (nSPS) is 12.4. The Hall–Kier alpha value is -1.81. The second-order valence-corrected chi connectivity index (χ2v) is 3.99. The Balaban J connectivity index is 1.84. The van der Waals surface area contributed by atoms with Crippen LogP contribution in [0.3, 0.4) is 0 Å². The van der Waals surface area contributed by atoms with Gasteiger partial charge in [-0.2, -0.15) is 0 Å². The van der Waals surface area contributed by atoms with Gasteiger partial charge < -0.3 is 14.4 Å². The lowest BCUT2D eigenvalue weighted by atomic mass is 10.2. The molecule has 0 saturated carbocycles. The first kappa shape index (κ1) is 11.7. The first-order chi connectivity index (χ1) is 8.25. The van der Waals surface area contributed by atoms with Gasteiger partial charge in [-0.05, 0) is 18.6 Å². The van der Waals surface area contributed by atoms with Crippen molar-refractivity contribution in [1.82, 2.24) is 9.55 Å². The number of aryl methyl sites for hydroxylation is 1. The Bertz CT molecular complexity index is 454. The van der Waals surface area contributed by atoms with E-state index in [1.54, 1.807) is 12.5 Å². The SMILES string of the molecule is Cc1ccccc1OCC(O)Cn1ccnc1. The number of imidazole rings is 1. The number of aromatic nitrogens is 2. The van der Waals surface area contributed by atoms with E-state index < -0.39 is 6.10 Å². The standard InChI is InChI=1S/C13H16N2O2/c1-11-4-2-3-5-13(11)17-9-12(16)8-15-7-6-14-10-15/h2-7,10,12,16H,8-9H2,1H3. The van der Waals surface area contributed by atoms with E-state index in [0.29, 0.717) is 6.54 Å². The molecule has 1 N–H and O–H groups in total. The summed E-state index contributed by atoms with van der Waals surface area (Å²) in [5, 5.41) is 9.80. The fraction of sp³-hybridized carbons (Fsp3) is 0.308. The highest BCUT2D eigenvalue weighted by molar-refractivity contribution is 5.31. The zero-order valence-corrected chi connectivity index (χ0v) is 9.78. The van der Waals surface area contributed by atoms with Crippen molar-refractivity contribution in [2.75, 3.05) is 6.61 Å². The molecule has 90 valence electrons. The van der Waals surface area contributed by atoms with Crippen molar-refractivity contribution >= 4 is 0 Å². The van der Waals surface area contributed by atoms with Crippen LogP contribution in [0.5, 0.6) is 5.75 Å². The van der Waals surface area contributed by atoms with Crippen molar-refractivity contribution in [3.63, 3.8) is 0 Å². The molecule has 0 aliphatic rings. The first-order valence-corrected chi connectivity index (χ1v) is 5.58. The second kappa shape index (κ2) is 5.50. The molecule has 1 unspecified atom stereocenters. The van der Waals surface area contributed by atoms with Crippen LogP contribution in [0.15, 0.2) is 43.0 Å². The van der Waals surface area contributed by atoms with Gasteiger partial charge in [0.1, 0.15) is 18.5 Å². The summed E-state index contributed by atoms with van der Waals surface area (Å²) in [4.78, 5) is 3.92. The molecule has 1 atom stereocenters. The van der Waals surface area contributed by atoms with Crippen molar-refractivity contribution in [2.24, 2.45) is 0 Å². The number of aliphatic hydroxyl groups excluding tert-OH is 1. The lowest BCUT2D eigenvalue weighted by molar-refractivity contribution is 0.0921. The summed E-state index contributed by atoms with van der Waals surface area (Å²) in [6.07, 6.45) is 4.65. The Morgan fingerprint density at radius 2 is 2.24 bits per heavy atom. The molecule has 0 aliphatic heterocycles. The molecule has 0 amide bonds. The number of benzene rings is 1. The molecule has 0 spiro atoms. The summed E-state index contributed by atoms with van der Waals surface area (Å²) in [6, 6.07) is 7.77. The minimum Gasteiger partial charge on any atom is -0.491 e. The molecule has 17 heavy (non-hydrogen) atoms. The van der Waals surface area contributed by atoms with Gasteiger partial charge in [-0.3, -0.25) is 0 Å². The van der Waals surface area contributed by atoms with Crippen molar-refractivity contribution < 1.29 is 9.84 Å². The summed E-state index contributed by atoms with van der Waals surface area (Å²) in [6.45, 7) is 2.76. The largest absolute Gasteiger partial charge is 0.491 e. The van der Waals surface area contributed by atoms with Crippen LogP contribution in [0.2, 0.25) is 0 Å². The Morgan fingerprint density at radius 1 is 1.41 bits per heavy atom. The average Bonchev–Trinajstić information content (AvgIpc) is 2.81. The maximum atomic E-state index is 9.80. The zero-order valence-electron chi connectivity index (χ0n) is 9.78. The van der Waals surface area contributed by atoms with E-state index >= 15 is 0 Å². The molecule has 2 aromatic rings. The van der Waals surface area contributed by atoms with Gasteiger partial charge in [0.05, 0.1) is 12.9 Å². The van der Waals surface area contributed by atoms with E-state index in [1.165, 1.54) is 0 Å². The van der Waals surface area contributed by atoms with Crippen LogP contribution in [0.25, 0.3) is 0 Å². The highest BCUT2D eigenvalue weighted by Crippen LogP contribution is 2.16. The topological polar surface area (TPSA) is 47.3 Å². The monoisotopic (exact) mass is 232 g/mol. The van der Waals surface area contributed by atoms with E-state index in [4.69, 9.17) is 4.74 Å². The van der Waals surface area contributed by atoms with Gasteiger partial charge in [-0.25, -0.2) is 4.98 Å². The molecular formula is C13H16N2O2. The van der Waals surface area contributed by atoms with Gasteiger partial charge in [0.25, 0.3) is 0 Å². The molecule has 0 saturated heterocycles. The molecule has 4 heteroatoms. The highest BCUT2D eigenvalue weighted by Gasteiger charge is 2.06. The van der Waals surface area contributed by atoms with E-state index in [1.807, 2.05) is 42.0 Å². The summed E-state index contributed by atoms with van der Waals surface area (Å²) in [7, 11) is 0. The molecular weight excluding hydrogens is 216 g/mol. The van der Waals surface area contributed by atoms with Crippen molar-refractivity contribution in [1.29, 1.82) is 0 Å². The molecule has 1 aromatic heterocycles.